The van der Waals surface area contributed by atoms with Gasteiger partial charge in [0, 0.05) is 36.6 Å². The van der Waals surface area contributed by atoms with E-state index in [2.05, 4.69) is 10.3 Å². The molecule has 148 valence electrons. The average molecular weight is 423 g/mol. The molecule has 1 aromatic carbocycles. The van der Waals surface area contributed by atoms with E-state index in [1.165, 1.54) is 0 Å². The molecule has 1 N–H and O–H groups in total. The van der Waals surface area contributed by atoms with E-state index in [-0.39, 0.29) is 5.91 Å². The second-order valence-corrected chi connectivity index (χ2v) is 6.92. The van der Waals surface area contributed by atoms with Gasteiger partial charge in [-0.3, -0.25) is 4.79 Å². The molecule has 6 nitrogen and oxygen atoms in total. The van der Waals surface area contributed by atoms with Crippen molar-refractivity contribution in [2.45, 2.75) is 25.9 Å². The monoisotopic (exact) mass is 422 g/mol. The Kier molecular flexibility index (Phi) is 7.54. The Morgan fingerprint density at radius 1 is 1.25 bits per heavy atom. The molecule has 0 atom stereocenters. The van der Waals surface area contributed by atoms with Crippen molar-refractivity contribution in [3.05, 3.63) is 64.5 Å². The molecule has 3 rings (SSSR count). The number of rotatable bonds is 10. The van der Waals surface area contributed by atoms with Gasteiger partial charge in [0.15, 0.2) is 11.7 Å². The number of hydrogen-bond acceptors (Lipinski definition) is 5. The second kappa shape index (κ2) is 10.3. The maximum atomic E-state index is 11.9. The van der Waals surface area contributed by atoms with Crippen LogP contribution in [-0.2, 0) is 22.6 Å². The van der Waals surface area contributed by atoms with Crippen LogP contribution in [0.1, 0.15) is 24.5 Å². The van der Waals surface area contributed by atoms with Gasteiger partial charge in [-0.15, -0.1) is 0 Å². The quantitative estimate of drug-likeness (QED) is 0.470. The third-order valence-corrected chi connectivity index (χ3v) is 4.48. The molecule has 0 saturated heterocycles. The maximum absolute atomic E-state index is 11.9. The van der Waals surface area contributed by atoms with Crippen LogP contribution in [-0.4, -0.2) is 24.0 Å². The first kappa shape index (κ1) is 20.5. The molecule has 3 aromatic rings. The first-order valence-corrected chi connectivity index (χ1v) is 9.64. The number of carbonyl (C=O) groups is 1. The number of amides is 1. The van der Waals surface area contributed by atoms with E-state index in [0.29, 0.717) is 59.9 Å². The highest BCUT2D eigenvalue weighted by atomic mass is 35.5. The number of benzene rings is 1. The van der Waals surface area contributed by atoms with E-state index in [4.69, 9.17) is 36.8 Å². The molecular weight excluding hydrogens is 403 g/mol. The molecule has 0 saturated carbocycles. The average Bonchev–Trinajstić information content (AvgIpc) is 3.35. The lowest BCUT2D eigenvalue weighted by atomic mass is 10.2. The van der Waals surface area contributed by atoms with Gasteiger partial charge in [-0.05, 0) is 36.8 Å². The minimum Gasteiger partial charge on any atom is -0.467 e. The van der Waals surface area contributed by atoms with Gasteiger partial charge in [-0.2, -0.15) is 0 Å². The van der Waals surface area contributed by atoms with Crippen LogP contribution in [0, 0.1) is 0 Å². The van der Waals surface area contributed by atoms with Crippen molar-refractivity contribution in [2.75, 3.05) is 13.2 Å². The minimum atomic E-state index is -0.0599. The summed E-state index contributed by atoms with van der Waals surface area (Å²) < 4.78 is 16.3. The normalized spacial score (nSPS) is 10.9. The first-order valence-electron chi connectivity index (χ1n) is 8.89. The summed E-state index contributed by atoms with van der Waals surface area (Å²) >= 11 is 12.1. The summed E-state index contributed by atoms with van der Waals surface area (Å²) in [6.07, 6.45) is 4.64. The largest absolute Gasteiger partial charge is 0.467 e. The number of carbonyl (C=O) groups excluding carboxylic acids is 1. The Hall–Kier alpha value is -2.28. The number of furan rings is 1. The van der Waals surface area contributed by atoms with Gasteiger partial charge in [-0.25, -0.2) is 4.98 Å². The first-order chi connectivity index (χ1) is 13.6. The molecule has 0 unspecified atom stereocenters. The van der Waals surface area contributed by atoms with E-state index < -0.39 is 0 Å². The topological polar surface area (TPSA) is 77.5 Å². The van der Waals surface area contributed by atoms with Gasteiger partial charge >= 0.3 is 0 Å². The minimum absolute atomic E-state index is 0.0599. The van der Waals surface area contributed by atoms with E-state index >= 15 is 0 Å². The highest BCUT2D eigenvalue weighted by molar-refractivity contribution is 6.36. The predicted molar refractivity (Wildman–Crippen MR) is 106 cm³/mol. The predicted octanol–water partition coefficient (Wildman–Crippen LogP) is 4.90. The molecule has 0 fully saturated rings. The lowest BCUT2D eigenvalue weighted by Crippen LogP contribution is -2.25. The van der Waals surface area contributed by atoms with Crippen LogP contribution in [0.5, 0.6) is 0 Å². The highest BCUT2D eigenvalue weighted by Crippen LogP contribution is 2.30. The Balaban J connectivity index is 1.34. The van der Waals surface area contributed by atoms with Crippen LogP contribution >= 0.6 is 23.2 Å². The molecule has 1 amide bonds. The Labute approximate surface area is 172 Å². The van der Waals surface area contributed by atoms with Gasteiger partial charge in [0.2, 0.25) is 5.91 Å². The smallest absolute Gasteiger partial charge is 0.220 e. The van der Waals surface area contributed by atoms with E-state index in [9.17, 15) is 4.79 Å². The summed E-state index contributed by atoms with van der Waals surface area (Å²) in [4.78, 5) is 16.1. The number of oxazole rings is 1. The molecule has 0 aliphatic heterocycles. The summed E-state index contributed by atoms with van der Waals surface area (Å²) in [7, 11) is 0. The third kappa shape index (κ3) is 6.12. The fourth-order valence-electron chi connectivity index (χ4n) is 2.52. The van der Waals surface area contributed by atoms with Crippen molar-refractivity contribution < 1.29 is 18.4 Å². The molecule has 0 aliphatic rings. The van der Waals surface area contributed by atoms with Gasteiger partial charge in [0.05, 0.1) is 17.5 Å². The van der Waals surface area contributed by atoms with E-state index in [0.717, 1.165) is 12.2 Å². The molecular formula is C20H20Cl2N2O4. The van der Waals surface area contributed by atoms with Crippen molar-refractivity contribution in [3.8, 4) is 11.3 Å². The van der Waals surface area contributed by atoms with E-state index in [1.54, 1.807) is 30.7 Å². The number of aromatic nitrogens is 1. The fourth-order valence-corrected chi connectivity index (χ4v) is 3.02. The number of nitrogens with one attached hydrogen (secondary N) is 1. The number of aryl methyl sites for hydroxylation is 1. The number of hydrogen-bond donors (Lipinski definition) is 1. The summed E-state index contributed by atoms with van der Waals surface area (Å²) in [6, 6.07) is 8.83. The SMILES string of the molecule is O=C(CCc1ncc(-c2ccc(Cl)cc2Cl)o1)NCCCOCc1ccco1. The van der Waals surface area contributed by atoms with Crippen LogP contribution in [0.3, 0.4) is 0 Å². The standard InChI is InChI=1S/C20H20Cl2N2O4/c21-14-4-5-16(17(22)11-14)18-12-24-20(28-18)7-6-19(25)23-8-2-9-26-13-15-3-1-10-27-15/h1,3-5,10-12H,2,6-9,13H2,(H,23,25). The van der Waals surface area contributed by atoms with Crippen molar-refractivity contribution in [3.63, 3.8) is 0 Å². The fraction of sp³-hybridized carbons (Fsp3) is 0.300. The molecule has 0 radical (unpaired) electrons. The lowest BCUT2D eigenvalue weighted by molar-refractivity contribution is -0.121. The lowest BCUT2D eigenvalue weighted by Gasteiger charge is -2.05. The highest BCUT2D eigenvalue weighted by Gasteiger charge is 2.11. The van der Waals surface area contributed by atoms with Gasteiger partial charge < -0.3 is 18.9 Å². The van der Waals surface area contributed by atoms with Crippen LogP contribution in [0.15, 0.2) is 51.6 Å². The molecule has 0 aliphatic carbocycles. The Morgan fingerprint density at radius 3 is 2.93 bits per heavy atom. The van der Waals surface area contributed by atoms with Crippen LogP contribution in [0.4, 0.5) is 0 Å². The summed E-state index contributed by atoms with van der Waals surface area (Å²) in [6.45, 7) is 1.53. The Bertz CT molecular complexity index is 894. The Morgan fingerprint density at radius 2 is 2.14 bits per heavy atom. The van der Waals surface area contributed by atoms with Crippen LogP contribution in [0.25, 0.3) is 11.3 Å². The molecule has 2 aromatic heterocycles. The van der Waals surface area contributed by atoms with Crippen molar-refractivity contribution in [1.29, 1.82) is 0 Å². The van der Waals surface area contributed by atoms with Gasteiger partial charge in [0.25, 0.3) is 0 Å². The van der Waals surface area contributed by atoms with Crippen LogP contribution < -0.4 is 5.32 Å². The third-order valence-electron chi connectivity index (χ3n) is 3.93. The molecule has 8 heteroatoms. The number of halogens is 2. The number of nitrogens with zero attached hydrogens (tertiary/aromatic N) is 1. The molecule has 0 spiro atoms. The second-order valence-electron chi connectivity index (χ2n) is 6.08. The summed E-state index contributed by atoms with van der Waals surface area (Å²) in [5.74, 6) is 1.76. The molecule has 0 bridgehead atoms. The van der Waals surface area contributed by atoms with E-state index in [1.807, 2.05) is 12.1 Å². The molecule has 2 heterocycles. The van der Waals surface area contributed by atoms with Gasteiger partial charge in [0.1, 0.15) is 12.4 Å². The van der Waals surface area contributed by atoms with Gasteiger partial charge in [-0.1, -0.05) is 23.2 Å². The number of ether oxygens (including phenoxy) is 1. The maximum Gasteiger partial charge on any atom is 0.220 e. The summed E-state index contributed by atoms with van der Waals surface area (Å²) in [5.41, 5.74) is 0.712. The zero-order valence-electron chi connectivity index (χ0n) is 15.1. The zero-order valence-corrected chi connectivity index (χ0v) is 16.6. The molecule has 28 heavy (non-hydrogen) atoms. The van der Waals surface area contributed by atoms with Crippen LogP contribution in [0.2, 0.25) is 10.0 Å². The van der Waals surface area contributed by atoms with Crippen molar-refractivity contribution >= 4 is 29.1 Å². The van der Waals surface area contributed by atoms with Crippen molar-refractivity contribution in [1.82, 2.24) is 10.3 Å². The zero-order chi connectivity index (χ0) is 19.8. The summed E-state index contributed by atoms with van der Waals surface area (Å²) in [5, 5.41) is 3.89. The van der Waals surface area contributed by atoms with Crippen molar-refractivity contribution in [2.24, 2.45) is 0 Å².